The van der Waals surface area contributed by atoms with Crippen molar-refractivity contribution in [2.24, 2.45) is 5.41 Å². The summed E-state index contributed by atoms with van der Waals surface area (Å²) >= 11 is 6.21. The summed E-state index contributed by atoms with van der Waals surface area (Å²) in [7, 11) is 3.57. The fourth-order valence-corrected chi connectivity index (χ4v) is 2.74. The molecule has 0 saturated heterocycles. The lowest BCUT2D eigenvalue weighted by Crippen LogP contribution is -2.29. The second kappa shape index (κ2) is 5.08. The van der Waals surface area contributed by atoms with Crippen LogP contribution in [0.15, 0.2) is 12.1 Å². The molecule has 18 heavy (non-hydrogen) atoms. The molecule has 1 aromatic rings. The fourth-order valence-electron chi connectivity index (χ4n) is 2.56. The maximum Gasteiger partial charge on any atom is 0.124 e. The number of aryl methyl sites for hydroxylation is 1. The first kappa shape index (κ1) is 13.7. The highest BCUT2D eigenvalue weighted by atomic mass is 35.5. The number of rotatable bonds is 5. The van der Waals surface area contributed by atoms with Crippen LogP contribution in [-0.2, 0) is 0 Å². The van der Waals surface area contributed by atoms with E-state index in [-0.39, 0.29) is 18.1 Å². The van der Waals surface area contributed by atoms with Gasteiger partial charge in [0.15, 0.2) is 0 Å². The van der Waals surface area contributed by atoms with Gasteiger partial charge in [-0.2, -0.15) is 0 Å². The summed E-state index contributed by atoms with van der Waals surface area (Å²) in [5.74, 6) is 0.830. The van der Waals surface area contributed by atoms with Crippen LogP contribution in [0.5, 0.6) is 5.75 Å². The quantitative estimate of drug-likeness (QED) is 0.864. The Morgan fingerprint density at radius 1 is 1.50 bits per heavy atom. The van der Waals surface area contributed by atoms with E-state index < -0.39 is 0 Å². The number of aliphatic hydroxyl groups is 1. The third-order valence-electron chi connectivity index (χ3n) is 3.93. The maximum absolute atomic E-state index is 9.59. The van der Waals surface area contributed by atoms with Gasteiger partial charge in [0.25, 0.3) is 0 Å². The number of hydrogen-bond acceptors (Lipinski definition) is 3. The molecule has 0 amide bonds. The lowest BCUT2D eigenvalue weighted by Gasteiger charge is -2.27. The average molecular weight is 270 g/mol. The van der Waals surface area contributed by atoms with Gasteiger partial charge in [-0.15, -0.1) is 0 Å². The normalized spacial score (nSPS) is 18.5. The number of methoxy groups -OCH3 is 1. The molecule has 1 atom stereocenters. The largest absolute Gasteiger partial charge is 0.496 e. The van der Waals surface area contributed by atoms with Crippen molar-refractivity contribution in [1.29, 1.82) is 0 Å². The predicted octanol–water partition coefficient (Wildman–Crippen LogP) is 2.69. The Morgan fingerprint density at radius 2 is 2.17 bits per heavy atom. The van der Waals surface area contributed by atoms with Crippen molar-refractivity contribution in [1.82, 2.24) is 5.32 Å². The Balaban J connectivity index is 2.45. The second-order valence-electron chi connectivity index (χ2n) is 5.09. The lowest BCUT2D eigenvalue weighted by molar-refractivity contribution is 0.174. The average Bonchev–Trinajstić information content (AvgIpc) is 3.15. The number of benzene rings is 1. The van der Waals surface area contributed by atoms with Crippen molar-refractivity contribution >= 4 is 11.6 Å². The summed E-state index contributed by atoms with van der Waals surface area (Å²) in [6.45, 7) is 2.15. The van der Waals surface area contributed by atoms with Gasteiger partial charge in [0.1, 0.15) is 5.75 Å². The Morgan fingerprint density at radius 3 is 2.61 bits per heavy atom. The molecule has 0 heterocycles. The van der Waals surface area contributed by atoms with Crippen LogP contribution in [0, 0.1) is 12.3 Å². The van der Waals surface area contributed by atoms with Crippen LogP contribution >= 0.6 is 11.6 Å². The van der Waals surface area contributed by atoms with Crippen LogP contribution < -0.4 is 10.1 Å². The minimum atomic E-state index is -0.0549. The molecule has 0 bridgehead atoms. The molecule has 1 aromatic carbocycles. The summed E-state index contributed by atoms with van der Waals surface area (Å²) < 4.78 is 5.45. The van der Waals surface area contributed by atoms with Crippen LogP contribution in [0.2, 0.25) is 5.02 Å². The summed E-state index contributed by atoms with van der Waals surface area (Å²) in [6, 6.07) is 3.98. The van der Waals surface area contributed by atoms with Crippen molar-refractivity contribution in [3.05, 3.63) is 28.3 Å². The van der Waals surface area contributed by atoms with E-state index in [9.17, 15) is 5.11 Å². The van der Waals surface area contributed by atoms with Crippen LogP contribution in [-0.4, -0.2) is 25.9 Å². The van der Waals surface area contributed by atoms with Crippen molar-refractivity contribution in [2.45, 2.75) is 25.8 Å². The molecular formula is C14H20ClNO2. The van der Waals surface area contributed by atoms with Gasteiger partial charge in [0, 0.05) is 22.0 Å². The topological polar surface area (TPSA) is 41.5 Å². The SMILES string of the molecule is CNC(c1cc(Cl)c(C)cc1OC)C1(CO)CC1. The Labute approximate surface area is 113 Å². The first-order valence-electron chi connectivity index (χ1n) is 6.20. The van der Waals surface area contributed by atoms with E-state index in [0.717, 1.165) is 34.7 Å². The third kappa shape index (κ3) is 2.22. The standard InChI is InChI=1S/C14H20ClNO2/c1-9-6-12(18-3)10(7-11(9)15)13(16-2)14(8-17)4-5-14/h6-7,13,16-17H,4-5,8H2,1-3H3. The lowest BCUT2D eigenvalue weighted by atomic mass is 9.89. The fraction of sp³-hybridized carbons (Fsp3) is 0.571. The van der Waals surface area contributed by atoms with Crippen molar-refractivity contribution < 1.29 is 9.84 Å². The highest BCUT2D eigenvalue weighted by Crippen LogP contribution is 2.55. The van der Waals surface area contributed by atoms with E-state index in [4.69, 9.17) is 16.3 Å². The molecule has 1 unspecified atom stereocenters. The molecule has 2 rings (SSSR count). The molecule has 0 aliphatic heterocycles. The smallest absolute Gasteiger partial charge is 0.124 e. The zero-order valence-electron chi connectivity index (χ0n) is 11.1. The zero-order valence-corrected chi connectivity index (χ0v) is 11.8. The number of nitrogens with one attached hydrogen (secondary N) is 1. The first-order chi connectivity index (χ1) is 8.57. The molecule has 1 aliphatic rings. The molecule has 3 nitrogen and oxygen atoms in total. The van der Waals surface area contributed by atoms with E-state index in [1.807, 2.05) is 26.1 Å². The van der Waals surface area contributed by atoms with Gasteiger partial charge in [-0.3, -0.25) is 0 Å². The van der Waals surface area contributed by atoms with E-state index >= 15 is 0 Å². The number of halogens is 1. The second-order valence-corrected chi connectivity index (χ2v) is 5.49. The van der Waals surface area contributed by atoms with E-state index in [1.165, 1.54) is 0 Å². The van der Waals surface area contributed by atoms with E-state index in [2.05, 4.69) is 5.32 Å². The molecule has 1 saturated carbocycles. The molecule has 100 valence electrons. The van der Waals surface area contributed by atoms with Gasteiger partial charge in [0.05, 0.1) is 13.7 Å². The minimum absolute atomic E-state index is 0.0549. The highest BCUT2D eigenvalue weighted by molar-refractivity contribution is 6.31. The zero-order chi connectivity index (χ0) is 13.3. The van der Waals surface area contributed by atoms with Crippen LogP contribution in [0.3, 0.4) is 0 Å². The van der Waals surface area contributed by atoms with E-state index in [1.54, 1.807) is 7.11 Å². The Hall–Kier alpha value is -0.770. The number of ether oxygens (including phenoxy) is 1. The van der Waals surface area contributed by atoms with Gasteiger partial charge in [-0.05, 0) is 44.5 Å². The number of aliphatic hydroxyl groups excluding tert-OH is 1. The molecule has 4 heteroatoms. The molecule has 1 aliphatic carbocycles. The van der Waals surface area contributed by atoms with Gasteiger partial charge < -0.3 is 15.2 Å². The summed E-state index contributed by atoms with van der Waals surface area (Å²) in [4.78, 5) is 0. The van der Waals surface area contributed by atoms with Gasteiger partial charge >= 0.3 is 0 Å². The summed E-state index contributed by atoms with van der Waals surface area (Å²) in [5.41, 5.74) is 1.98. The molecule has 0 spiro atoms. The third-order valence-corrected chi connectivity index (χ3v) is 4.34. The van der Waals surface area contributed by atoms with Crippen LogP contribution in [0.4, 0.5) is 0 Å². The van der Waals surface area contributed by atoms with Crippen LogP contribution in [0.25, 0.3) is 0 Å². The molecule has 2 N–H and O–H groups in total. The highest BCUT2D eigenvalue weighted by Gasteiger charge is 2.49. The maximum atomic E-state index is 9.59. The molecule has 0 radical (unpaired) electrons. The van der Waals surface area contributed by atoms with Gasteiger partial charge in [0.2, 0.25) is 0 Å². The summed E-state index contributed by atoms with van der Waals surface area (Å²) in [5, 5.41) is 13.6. The van der Waals surface area contributed by atoms with Crippen LogP contribution in [0.1, 0.15) is 30.0 Å². The summed E-state index contributed by atoms with van der Waals surface area (Å²) in [6.07, 6.45) is 2.06. The van der Waals surface area contributed by atoms with Crippen molar-refractivity contribution in [2.75, 3.05) is 20.8 Å². The molecule has 0 aromatic heterocycles. The van der Waals surface area contributed by atoms with Crippen molar-refractivity contribution in [3.63, 3.8) is 0 Å². The number of hydrogen-bond donors (Lipinski definition) is 2. The Kier molecular flexibility index (Phi) is 3.85. The monoisotopic (exact) mass is 269 g/mol. The van der Waals surface area contributed by atoms with Crippen molar-refractivity contribution in [3.8, 4) is 5.75 Å². The first-order valence-corrected chi connectivity index (χ1v) is 6.58. The predicted molar refractivity (Wildman–Crippen MR) is 73.3 cm³/mol. The minimum Gasteiger partial charge on any atom is -0.496 e. The Bertz CT molecular complexity index is 444. The molecular weight excluding hydrogens is 250 g/mol. The molecule has 1 fully saturated rings. The van der Waals surface area contributed by atoms with E-state index in [0.29, 0.717) is 0 Å². The van der Waals surface area contributed by atoms with Gasteiger partial charge in [-0.25, -0.2) is 0 Å². The van der Waals surface area contributed by atoms with Gasteiger partial charge in [-0.1, -0.05) is 11.6 Å².